The number of likely N-dealkylation sites (tertiary alicyclic amines) is 2. The van der Waals surface area contributed by atoms with Crippen molar-refractivity contribution in [3.05, 3.63) is 0 Å². The van der Waals surface area contributed by atoms with Crippen LogP contribution in [0.5, 0.6) is 0 Å². The standard InChI is InChI=1S/2C11H21N.C2H6/c1-10(2)12-8-3-4-11(5-6-11)7-9-12;1-10(2)12-8-4-3-5-11(9-12)6-7-11;1-2/h2*10H,3-9H2,1-2H3;1-2H3. The van der Waals surface area contributed by atoms with Crippen molar-refractivity contribution >= 4 is 0 Å². The van der Waals surface area contributed by atoms with Gasteiger partial charge in [0, 0.05) is 18.6 Å². The molecule has 0 N–H and O–H groups in total. The van der Waals surface area contributed by atoms with Gasteiger partial charge in [-0.2, -0.15) is 0 Å². The summed E-state index contributed by atoms with van der Waals surface area (Å²) in [6, 6.07) is 1.53. The smallest absolute Gasteiger partial charge is 0.00407 e. The highest BCUT2D eigenvalue weighted by Gasteiger charge is 2.44. The molecule has 4 aliphatic rings. The summed E-state index contributed by atoms with van der Waals surface area (Å²) in [4.78, 5) is 5.33. The quantitative estimate of drug-likeness (QED) is 0.563. The van der Waals surface area contributed by atoms with Crippen LogP contribution in [0, 0.1) is 10.8 Å². The first-order valence-corrected chi connectivity index (χ1v) is 11.9. The van der Waals surface area contributed by atoms with Gasteiger partial charge < -0.3 is 9.80 Å². The number of nitrogens with zero attached hydrogens (tertiary/aromatic N) is 2. The number of hydrogen-bond acceptors (Lipinski definition) is 2. The molecule has 2 saturated heterocycles. The molecule has 0 aromatic rings. The van der Waals surface area contributed by atoms with Gasteiger partial charge in [-0.05, 0) is 116 Å². The average Bonchev–Trinajstić information content (AvgIpc) is 3.54. The first kappa shape index (κ1) is 22.2. The molecule has 154 valence electrons. The lowest BCUT2D eigenvalue weighted by molar-refractivity contribution is 0.194. The predicted octanol–water partition coefficient (Wildman–Crippen LogP) is 6.35. The van der Waals surface area contributed by atoms with Gasteiger partial charge in [0.25, 0.3) is 0 Å². The zero-order valence-corrected chi connectivity index (χ0v) is 18.9. The van der Waals surface area contributed by atoms with Crippen LogP contribution in [0.1, 0.15) is 106 Å². The molecule has 2 saturated carbocycles. The summed E-state index contributed by atoms with van der Waals surface area (Å²) in [5, 5.41) is 0. The topological polar surface area (TPSA) is 6.48 Å². The predicted molar refractivity (Wildman–Crippen MR) is 116 cm³/mol. The molecule has 0 bridgehead atoms. The molecule has 0 amide bonds. The molecule has 2 heterocycles. The van der Waals surface area contributed by atoms with E-state index in [1.807, 2.05) is 13.8 Å². The van der Waals surface area contributed by atoms with Crippen molar-refractivity contribution in [2.24, 2.45) is 10.8 Å². The minimum absolute atomic E-state index is 0.763. The Balaban J connectivity index is 0.000000171. The van der Waals surface area contributed by atoms with E-state index in [0.29, 0.717) is 0 Å². The van der Waals surface area contributed by atoms with Crippen LogP contribution in [-0.4, -0.2) is 48.1 Å². The van der Waals surface area contributed by atoms with Crippen LogP contribution in [-0.2, 0) is 0 Å². The largest absolute Gasteiger partial charge is 0.301 e. The summed E-state index contributed by atoms with van der Waals surface area (Å²) in [7, 11) is 0. The van der Waals surface area contributed by atoms with E-state index in [-0.39, 0.29) is 0 Å². The van der Waals surface area contributed by atoms with E-state index in [1.165, 1.54) is 90.4 Å². The van der Waals surface area contributed by atoms with Gasteiger partial charge in [-0.15, -0.1) is 0 Å². The summed E-state index contributed by atoms with van der Waals surface area (Å²) in [6.07, 6.45) is 14.9. The maximum Gasteiger partial charge on any atom is 0.00407 e. The maximum atomic E-state index is 2.68. The second-order valence-electron chi connectivity index (χ2n) is 10.0. The Morgan fingerprint density at radius 3 is 1.62 bits per heavy atom. The van der Waals surface area contributed by atoms with Crippen molar-refractivity contribution in [1.82, 2.24) is 9.80 Å². The fourth-order valence-corrected chi connectivity index (χ4v) is 4.90. The number of hydrogen-bond donors (Lipinski definition) is 0. The van der Waals surface area contributed by atoms with Crippen molar-refractivity contribution in [2.45, 2.75) is 118 Å². The van der Waals surface area contributed by atoms with E-state index in [9.17, 15) is 0 Å². The van der Waals surface area contributed by atoms with Crippen molar-refractivity contribution < 1.29 is 0 Å². The summed E-state index contributed by atoms with van der Waals surface area (Å²) < 4.78 is 0. The van der Waals surface area contributed by atoms with Gasteiger partial charge >= 0.3 is 0 Å². The molecule has 0 radical (unpaired) electrons. The summed E-state index contributed by atoms with van der Waals surface area (Å²) >= 11 is 0. The van der Waals surface area contributed by atoms with Gasteiger partial charge in [0.1, 0.15) is 0 Å². The molecule has 0 aromatic carbocycles. The molecule has 2 spiro atoms. The first-order chi connectivity index (χ1) is 12.4. The monoisotopic (exact) mass is 364 g/mol. The highest BCUT2D eigenvalue weighted by Crippen LogP contribution is 2.53. The van der Waals surface area contributed by atoms with E-state index >= 15 is 0 Å². The molecule has 2 heteroatoms. The molecule has 0 unspecified atom stereocenters. The molecule has 0 aromatic heterocycles. The van der Waals surface area contributed by atoms with Gasteiger partial charge in [0.05, 0.1) is 0 Å². The van der Waals surface area contributed by atoms with Gasteiger partial charge in [0.15, 0.2) is 0 Å². The molecule has 0 atom stereocenters. The van der Waals surface area contributed by atoms with Crippen molar-refractivity contribution in [3.63, 3.8) is 0 Å². The third kappa shape index (κ3) is 6.51. The molecule has 2 aliphatic heterocycles. The normalized spacial score (nSPS) is 27.2. The van der Waals surface area contributed by atoms with Gasteiger partial charge in [-0.25, -0.2) is 0 Å². The third-order valence-electron chi connectivity index (χ3n) is 7.40. The minimum atomic E-state index is 0.763. The Labute approximate surface area is 165 Å². The molecule has 2 nitrogen and oxygen atoms in total. The zero-order valence-electron chi connectivity index (χ0n) is 18.9. The van der Waals surface area contributed by atoms with Crippen molar-refractivity contribution in [3.8, 4) is 0 Å². The lowest BCUT2D eigenvalue weighted by Crippen LogP contribution is -2.35. The Kier molecular flexibility index (Phi) is 8.47. The molecule has 26 heavy (non-hydrogen) atoms. The van der Waals surface area contributed by atoms with Crippen LogP contribution in [0.3, 0.4) is 0 Å². The van der Waals surface area contributed by atoms with E-state index in [0.717, 1.165) is 22.9 Å². The van der Waals surface area contributed by atoms with Crippen LogP contribution in [0.4, 0.5) is 0 Å². The van der Waals surface area contributed by atoms with Crippen LogP contribution in [0.2, 0.25) is 0 Å². The van der Waals surface area contributed by atoms with E-state index in [4.69, 9.17) is 0 Å². The van der Waals surface area contributed by atoms with Crippen LogP contribution in [0.25, 0.3) is 0 Å². The van der Waals surface area contributed by atoms with E-state index < -0.39 is 0 Å². The summed E-state index contributed by atoms with van der Waals surface area (Å²) in [6.45, 7) is 18.8. The summed E-state index contributed by atoms with van der Waals surface area (Å²) in [5.74, 6) is 0. The SMILES string of the molecule is CC.CC(C)N1CCCC2(CC1)CC2.CC(C)N1CCCCC2(CC2)C1. The van der Waals surface area contributed by atoms with Crippen molar-refractivity contribution in [1.29, 1.82) is 0 Å². The first-order valence-electron chi connectivity index (χ1n) is 11.9. The lowest BCUT2D eigenvalue weighted by Gasteiger charge is -2.27. The van der Waals surface area contributed by atoms with E-state index in [1.54, 1.807) is 0 Å². The second-order valence-corrected chi connectivity index (χ2v) is 10.0. The second kappa shape index (κ2) is 9.92. The van der Waals surface area contributed by atoms with Gasteiger partial charge in [0.2, 0.25) is 0 Å². The fraction of sp³-hybridized carbons (Fsp3) is 1.00. The molecule has 2 aliphatic carbocycles. The molecule has 4 rings (SSSR count). The summed E-state index contributed by atoms with van der Waals surface area (Å²) in [5.41, 5.74) is 1.63. The van der Waals surface area contributed by atoms with Crippen molar-refractivity contribution in [2.75, 3.05) is 26.2 Å². The number of rotatable bonds is 2. The lowest BCUT2D eigenvalue weighted by atomic mass is 9.98. The Morgan fingerprint density at radius 1 is 0.538 bits per heavy atom. The maximum absolute atomic E-state index is 2.68. The Bertz CT molecular complexity index is 393. The van der Waals surface area contributed by atoms with Crippen LogP contribution >= 0.6 is 0 Å². The minimum Gasteiger partial charge on any atom is -0.301 e. The zero-order chi connectivity index (χ0) is 19.2. The highest BCUT2D eigenvalue weighted by atomic mass is 15.2. The van der Waals surface area contributed by atoms with Gasteiger partial charge in [-0.1, -0.05) is 20.3 Å². The highest BCUT2D eigenvalue weighted by molar-refractivity contribution is 4.97. The third-order valence-corrected chi connectivity index (χ3v) is 7.40. The van der Waals surface area contributed by atoms with E-state index in [2.05, 4.69) is 37.5 Å². The Hall–Kier alpha value is -0.0800. The molecular formula is C24H48N2. The Morgan fingerprint density at radius 2 is 1.08 bits per heavy atom. The average molecular weight is 365 g/mol. The fourth-order valence-electron chi connectivity index (χ4n) is 4.90. The van der Waals surface area contributed by atoms with Crippen LogP contribution < -0.4 is 0 Å². The van der Waals surface area contributed by atoms with Crippen LogP contribution in [0.15, 0.2) is 0 Å². The molecular weight excluding hydrogens is 316 g/mol. The molecule has 4 fully saturated rings. The van der Waals surface area contributed by atoms with Gasteiger partial charge in [-0.3, -0.25) is 0 Å².